The van der Waals surface area contributed by atoms with Gasteiger partial charge in [0.15, 0.2) is 11.0 Å². The second-order valence-electron chi connectivity index (χ2n) is 5.38. The van der Waals surface area contributed by atoms with Gasteiger partial charge in [-0.3, -0.25) is 0 Å². The van der Waals surface area contributed by atoms with Crippen molar-refractivity contribution >= 4 is 33.7 Å². The van der Waals surface area contributed by atoms with Crippen molar-refractivity contribution in [3.8, 4) is 0 Å². The molecule has 5 nitrogen and oxygen atoms in total. The zero-order valence-corrected chi connectivity index (χ0v) is 12.2. The Labute approximate surface area is 120 Å². The molecule has 0 bridgehead atoms. The van der Waals surface area contributed by atoms with Gasteiger partial charge in [-0.25, -0.2) is 4.63 Å². The third-order valence-corrected chi connectivity index (χ3v) is 4.59. The summed E-state index contributed by atoms with van der Waals surface area (Å²) in [4.78, 5) is 1.34. The van der Waals surface area contributed by atoms with Crippen LogP contribution in [-0.4, -0.2) is 16.9 Å². The molecular weight excluding hydrogens is 272 g/mol. The van der Waals surface area contributed by atoms with Crippen LogP contribution in [0.15, 0.2) is 34.3 Å². The van der Waals surface area contributed by atoms with E-state index in [1.807, 2.05) is 12.1 Å². The Morgan fingerprint density at radius 2 is 2.05 bits per heavy atom. The first-order valence-corrected chi connectivity index (χ1v) is 7.24. The Balaban J connectivity index is 1.84. The average molecular weight is 288 g/mol. The van der Waals surface area contributed by atoms with Crippen LogP contribution in [0.2, 0.25) is 0 Å². The van der Waals surface area contributed by atoms with Crippen LogP contribution < -0.4 is 11.1 Å². The predicted molar refractivity (Wildman–Crippen MR) is 82.1 cm³/mol. The summed E-state index contributed by atoms with van der Waals surface area (Å²) in [5.41, 5.74) is 8.62. The minimum Gasteiger partial charge on any atom is -0.397 e. The molecule has 3 aromatic rings. The summed E-state index contributed by atoms with van der Waals surface area (Å²) in [6, 6.07) is 7.95. The molecule has 0 aliphatic carbocycles. The van der Waals surface area contributed by atoms with E-state index in [0.717, 1.165) is 12.2 Å². The largest absolute Gasteiger partial charge is 0.397 e. The summed E-state index contributed by atoms with van der Waals surface area (Å²) in [5, 5.41) is 13.3. The van der Waals surface area contributed by atoms with Crippen molar-refractivity contribution in [3.63, 3.8) is 0 Å². The fourth-order valence-electron chi connectivity index (χ4n) is 2.10. The molecule has 0 radical (unpaired) electrons. The fraction of sp³-hybridized carbons (Fsp3) is 0.286. The van der Waals surface area contributed by atoms with Gasteiger partial charge in [0.25, 0.3) is 0 Å². The molecular formula is C14H16N4OS. The topological polar surface area (TPSA) is 77.0 Å². The lowest BCUT2D eigenvalue weighted by molar-refractivity contribution is 0.315. The molecule has 2 aromatic heterocycles. The van der Waals surface area contributed by atoms with E-state index in [1.54, 1.807) is 11.3 Å². The van der Waals surface area contributed by atoms with Gasteiger partial charge in [0.2, 0.25) is 0 Å². The standard InChI is InChI=1S/C14H16N4OS/c1-14(2,11-4-3-7-20-11)8-16-10-6-5-9(15)12-13(10)18-19-17-12/h3-7,16H,8,15H2,1-2H3. The van der Waals surface area contributed by atoms with Crippen molar-refractivity contribution in [3.05, 3.63) is 34.5 Å². The zero-order chi connectivity index (χ0) is 14.2. The zero-order valence-electron chi connectivity index (χ0n) is 11.4. The number of hydrogen-bond donors (Lipinski definition) is 2. The van der Waals surface area contributed by atoms with Gasteiger partial charge >= 0.3 is 0 Å². The second kappa shape index (κ2) is 4.79. The Morgan fingerprint density at radius 1 is 1.25 bits per heavy atom. The van der Waals surface area contributed by atoms with E-state index in [0.29, 0.717) is 16.7 Å². The normalized spacial score (nSPS) is 11.9. The average Bonchev–Trinajstić information content (AvgIpc) is 3.09. The van der Waals surface area contributed by atoms with E-state index in [2.05, 4.69) is 47.0 Å². The van der Waals surface area contributed by atoms with Gasteiger partial charge in [-0.15, -0.1) is 11.3 Å². The molecule has 0 spiro atoms. The number of hydrogen-bond acceptors (Lipinski definition) is 6. The Kier molecular flexibility index (Phi) is 3.10. The van der Waals surface area contributed by atoms with Crippen LogP contribution in [-0.2, 0) is 5.41 Å². The molecule has 0 atom stereocenters. The molecule has 0 saturated carbocycles. The maximum Gasteiger partial charge on any atom is 0.160 e. The number of anilines is 2. The van der Waals surface area contributed by atoms with E-state index in [-0.39, 0.29) is 5.41 Å². The van der Waals surface area contributed by atoms with Crippen molar-refractivity contribution in [1.82, 2.24) is 10.3 Å². The number of nitrogen functional groups attached to an aromatic ring is 1. The Morgan fingerprint density at radius 3 is 2.80 bits per heavy atom. The van der Waals surface area contributed by atoms with E-state index in [4.69, 9.17) is 10.4 Å². The second-order valence-corrected chi connectivity index (χ2v) is 6.33. The van der Waals surface area contributed by atoms with Gasteiger partial charge in [-0.2, -0.15) is 0 Å². The Bertz CT molecular complexity index is 718. The summed E-state index contributed by atoms with van der Waals surface area (Å²) < 4.78 is 4.77. The lowest BCUT2D eigenvalue weighted by Crippen LogP contribution is -2.26. The van der Waals surface area contributed by atoms with Crippen LogP contribution >= 0.6 is 11.3 Å². The highest BCUT2D eigenvalue weighted by atomic mass is 32.1. The number of aromatic nitrogens is 2. The smallest absolute Gasteiger partial charge is 0.160 e. The van der Waals surface area contributed by atoms with E-state index in [9.17, 15) is 0 Å². The number of thiophene rings is 1. The number of fused-ring (bicyclic) bond motifs is 1. The van der Waals surface area contributed by atoms with Gasteiger partial charge in [-0.1, -0.05) is 19.9 Å². The number of rotatable bonds is 4. The monoisotopic (exact) mass is 288 g/mol. The van der Waals surface area contributed by atoms with Crippen LogP contribution in [0.5, 0.6) is 0 Å². The van der Waals surface area contributed by atoms with E-state index >= 15 is 0 Å². The van der Waals surface area contributed by atoms with Crippen LogP contribution in [0.25, 0.3) is 11.0 Å². The molecule has 3 rings (SSSR count). The first-order valence-electron chi connectivity index (χ1n) is 6.36. The minimum absolute atomic E-state index is 0.0407. The first-order chi connectivity index (χ1) is 9.58. The van der Waals surface area contributed by atoms with Crippen LogP contribution in [0.1, 0.15) is 18.7 Å². The highest BCUT2D eigenvalue weighted by molar-refractivity contribution is 7.10. The number of nitrogens with zero attached hydrogens (tertiary/aromatic N) is 2. The lowest BCUT2D eigenvalue weighted by atomic mass is 9.91. The molecule has 0 aliphatic rings. The highest BCUT2D eigenvalue weighted by Crippen LogP contribution is 2.30. The SMILES string of the molecule is CC(C)(CNc1ccc(N)c2nonc12)c1cccs1. The van der Waals surface area contributed by atoms with Crippen molar-refractivity contribution in [2.45, 2.75) is 19.3 Å². The highest BCUT2D eigenvalue weighted by Gasteiger charge is 2.22. The maximum atomic E-state index is 5.84. The van der Waals surface area contributed by atoms with Gasteiger partial charge in [0, 0.05) is 16.8 Å². The van der Waals surface area contributed by atoms with Gasteiger partial charge in [0.1, 0.15) is 0 Å². The van der Waals surface area contributed by atoms with Gasteiger partial charge in [-0.05, 0) is 33.9 Å². The fourth-order valence-corrected chi connectivity index (χ4v) is 2.95. The van der Waals surface area contributed by atoms with Crippen molar-refractivity contribution < 1.29 is 4.63 Å². The van der Waals surface area contributed by atoms with Crippen molar-refractivity contribution in [2.75, 3.05) is 17.6 Å². The molecule has 1 aromatic carbocycles. The Hall–Kier alpha value is -2.08. The molecule has 0 amide bonds. The summed E-state index contributed by atoms with van der Waals surface area (Å²) in [6.45, 7) is 5.21. The van der Waals surface area contributed by atoms with E-state index < -0.39 is 0 Å². The minimum atomic E-state index is 0.0407. The predicted octanol–water partition coefficient (Wildman–Crippen LogP) is 3.26. The van der Waals surface area contributed by atoms with Gasteiger partial charge < -0.3 is 11.1 Å². The van der Waals surface area contributed by atoms with Crippen LogP contribution in [0.3, 0.4) is 0 Å². The maximum absolute atomic E-state index is 5.84. The van der Waals surface area contributed by atoms with Gasteiger partial charge in [0.05, 0.1) is 11.4 Å². The number of nitrogens with one attached hydrogen (secondary N) is 1. The molecule has 20 heavy (non-hydrogen) atoms. The summed E-state index contributed by atoms with van der Waals surface area (Å²) in [6.07, 6.45) is 0. The summed E-state index contributed by atoms with van der Waals surface area (Å²) in [5.74, 6) is 0. The van der Waals surface area contributed by atoms with Crippen LogP contribution in [0.4, 0.5) is 11.4 Å². The van der Waals surface area contributed by atoms with Crippen molar-refractivity contribution in [2.24, 2.45) is 0 Å². The lowest BCUT2D eigenvalue weighted by Gasteiger charge is -2.24. The van der Waals surface area contributed by atoms with Crippen molar-refractivity contribution in [1.29, 1.82) is 0 Å². The molecule has 2 heterocycles. The third kappa shape index (κ3) is 2.22. The quantitative estimate of drug-likeness (QED) is 0.721. The first kappa shape index (κ1) is 12.9. The van der Waals surface area contributed by atoms with E-state index in [1.165, 1.54) is 4.88 Å². The molecule has 0 saturated heterocycles. The number of benzene rings is 1. The summed E-state index contributed by atoms with van der Waals surface area (Å²) in [7, 11) is 0. The van der Waals surface area contributed by atoms with Crippen LogP contribution in [0, 0.1) is 0 Å². The third-order valence-electron chi connectivity index (χ3n) is 3.36. The molecule has 3 N–H and O–H groups in total. The molecule has 104 valence electrons. The molecule has 0 aliphatic heterocycles. The molecule has 6 heteroatoms. The molecule has 0 fully saturated rings. The number of nitrogens with two attached hydrogens (primary N) is 1. The molecule has 0 unspecified atom stereocenters. The summed E-state index contributed by atoms with van der Waals surface area (Å²) >= 11 is 1.77.